The van der Waals surface area contributed by atoms with Crippen molar-refractivity contribution in [3.63, 3.8) is 0 Å². The number of carbonyl (C=O) groups excluding carboxylic acids is 1. The molecule has 106 valence electrons. The van der Waals surface area contributed by atoms with Crippen LogP contribution in [0.4, 0.5) is 0 Å². The van der Waals surface area contributed by atoms with E-state index < -0.39 is 0 Å². The number of carbonyl (C=O) groups is 1. The first-order chi connectivity index (χ1) is 9.27. The Morgan fingerprint density at radius 1 is 1.47 bits per heavy atom. The lowest BCUT2D eigenvalue weighted by Crippen LogP contribution is -2.45. The van der Waals surface area contributed by atoms with Crippen LogP contribution in [0.5, 0.6) is 0 Å². The fourth-order valence-corrected chi connectivity index (χ4v) is 2.63. The number of nitrogens with one attached hydrogen (secondary N) is 1. The zero-order valence-corrected chi connectivity index (χ0v) is 11.7. The first kappa shape index (κ1) is 14.1. The van der Waals surface area contributed by atoms with Gasteiger partial charge in [0.2, 0.25) is 5.91 Å². The molecule has 1 aliphatic heterocycles. The summed E-state index contributed by atoms with van der Waals surface area (Å²) in [6.07, 6.45) is 8.10. The fourth-order valence-electron chi connectivity index (χ4n) is 2.63. The summed E-state index contributed by atoms with van der Waals surface area (Å²) in [6, 6.07) is 3.93. The zero-order valence-electron chi connectivity index (χ0n) is 11.7. The van der Waals surface area contributed by atoms with Gasteiger partial charge in [0.15, 0.2) is 0 Å². The van der Waals surface area contributed by atoms with Crippen molar-refractivity contribution in [2.45, 2.75) is 44.6 Å². The van der Waals surface area contributed by atoms with Crippen LogP contribution >= 0.6 is 0 Å². The minimum atomic E-state index is 0.0612. The van der Waals surface area contributed by atoms with E-state index in [4.69, 9.17) is 4.42 Å². The molecule has 1 atom stereocenters. The van der Waals surface area contributed by atoms with E-state index in [2.05, 4.69) is 17.3 Å². The van der Waals surface area contributed by atoms with Gasteiger partial charge < -0.3 is 9.73 Å². The summed E-state index contributed by atoms with van der Waals surface area (Å²) in [5.74, 6) is 1.17. The molecule has 0 aromatic carbocycles. The van der Waals surface area contributed by atoms with Crippen LogP contribution in [0, 0.1) is 0 Å². The Morgan fingerprint density at radius 3 is 3.16 bits per heavy atom. The minimum Gasteiger partial charge on any atom is -0.469 e. The largest absolute Gasteiger partial charge is 0.469 e. The van der Waals surface area contributed by atoms with Crippen molar-refractivity contribution in [1.82, 2.24) is 10.2 Å². The molecule has 1 fully saturated rings. The highest BCUT2D eigenvalue weighted by molar-refractivity contribution is 5.81. The molecule has 0 spiro atoms. The van der Waals surface area contributed by atoms with Crippen molar-refractivity contribution in [1.29, 1.82) is 0 Å². The summed E-state index contributed by atoms with van der Waals surface area (Å²) < 4.78 is 5.27. The fraction of sp³-hybridized carbons (Fsp3) is 0.667. The van der Waals surface area contributed by atoms with E-state index >= 15 is 0 Å². The lowest BCUT2D eigenvalue weighted by Gasteiger charge is -2.24. The maximum Gasteiger partial charge on any atom is 0.237 e. The van der Waals surface area contributed by atoms with E-state index in [9.17, 15) is 4.79 Å². The van der Waals surface area contributed by atoms with Crippen LogP contribution in [0.1, 0.15) is 37.9 Å². The third-order valence-corrected chi connectivity index (χ3v) is 3.80. The van der Waals surface area contributed by atoms with Crippen LogP contribution in [0.25, 0.3) is 0 Å². The molecule has 4 heteroatoms. The number of rotatable bonds is 5. The molecule has 1 amide bonds. The number of hydrogen-bond acceptors (Lipinski definition) is 3. The maximum atomic E-state index is 12.1. The second kappa shape index (κ2) is 7.34. The van der Waals surface area contributed by atoms with E-state index in [-0.39, 0.29) is 11.9 Å². The van der Waals surface area contributed by atoms with Gasteiger partial charge in [-0.2, -0.15) is 0 Å². The summed E-state index contributed by atoms with van der Waals surface area (Å²) in [5, 5.41) is 3.05. The van der Waals surface area contributed by atoms with Gasteiger partial charge >= 0.3 is 0 Å². The number of hydrogen-bond donors (Lipinski definition) is 1. The van der Waals surface area contributed by atoms with Gasteiger partial charge in [-0.1, -0.05) is 12.8 Å². The van der Waals surface area contributed by atoms with Crippen LogP contribution in [0.3, 0.4) is 0 Å². The molecule has 19 heavy (non-hydrogen) atoms. The van der Waals surface area contributed by atoms with Gasteiger partial charge in [-0.05, 0) is 45.0 Å². The first-order valence-electron chi connectivity index (χ1n) is 7.27. The van der Waals surface area contributed by atoms with Crippen molar-refractivity contribution in [2.24, 2.45) is 0 Å². The molecule has 1 aromatic heterocycles. The number of amides is 1. The Labute approximate surface area is 115 Å². The van der Waals surface area contributed by atoms with Crippen LogP contribution in [-0.2, 0) is 11.2 Å². The van der Waals surface area contributed by atoms with Gasteiger partial charge in [0.1, 0.15) is 5.76 Å². The van der Waals surface area contributed by atoms with Gasteiger partial charge in [0.25, 0.3) is 0 Å². The molecule has 1 saturated heterocycles. The van der Waals surface area contributed by atoms with Crippen molar-refractivity contribution >= 4 is 5.91 Å². The average Bonchev–Trinajstić information content (AvgIpc) is 2.82. The Bertz CT molecular complexity index is 376. The topological polar surface area (TPSA) is 45.5 Å². The van der Waals surface area contributed by atoms with Gasteiger partial charge in [-0.15, -0.1) is 0 Å². The second-order valence-corrected chi connectivity index (χ2v) is 5.32. The van der Waals surface area contributed by atoms with Crippen LogP contribution < -0.4 is 5.32 Å². The molecular formula is C15H24N2O2. The highest BCUT2D eigenvalue weighted by atomic mass is 16.3. The zero-order chi connectivity index (χ0) is 13.5. The van der Waals surface area contributed by atoms with Gasteiger partial charge in [0.05, 0.1) is 12.3 Å². The molecule has 2 heterocycles. The number of likely N-dealkylation sites (tertiary alicyclic amines) is 1. The van der Waals surface area contributed by atoms with E-state index in [0.29, 0.717) is 0 Å². The Hall–Kier alpha value is -1.29. The Kier molecular flexibility index (Phi) is 5.45. The minimum absolute atomic E-state index is 0.0612. The molecule has 0 radical (unpaired) electrons. The van der Waals surface area contributed by atoms with Gasteiger partial charge in [0, 0.05) is 13.0 Å². The number of furan rings is 1. The summed E-state index contributed by atoms with van der Waals surface area (Å²) in [6.45, 7) is 1.76. The standard InChI is InChI=1S/C15H24N2O2/c1-17-11-4-2-3-9-14(17)15(18)16-10-5-7-13-8-6-12-19-13/h6,8,12,14H,2-5,7,9-11H2,1H3,(H,16,18)/t14-/m0/s1. The monoisotopic (exact) mass is 264 g/mol. The molecule has 2 rings (SSSR count). The number of likely N-dealkylation sites (N-methyl/N-ethyl adjacent to an activating group) is 1. The molecule has 0 bridgehead atoms. The van der Waals surface area contributed by atoms with E-state index in [0.717, 1.165) is 44.5 Å². The SMILES string of the molecule is CN1CCCCC[C@H]1C(=O)NCCCc1ccco1. The first-order valence-corrected chi connectivity index (χ1v) is 7.27. The predicted octanol–water partition coefficient (Wildman–Crippen LogP) is 2.20. The van der Waals surface area contributed by atoms with Crippen LogP contribution in [0.15, 0.2) is 22.8 Å². The van der Waals surface area contributed by atoms with Crippen molar-refractivity contribution in [3.05, 3.63) is 24.2 Å². The highest BCUT2D eigenvalue weighted by Gasteiger charge is 2.23. The number of aryl methyl sites for hydroxylation is 1. The number of nitrogens with zero attached hydrogens (tertiary/aromatic N) is 1. The molecule has 1 N–H and O–H groups in total. The Balaban J connectivity index is 1.68. The molecule has 1 aliphatic rings. The summed E-state index contributed by atoms with van der Waals surface area (Å²) in [4.78, 5) is 14.3. The molecular weight excluding hydrogens is 240 g/mol. The summed E-state index contributed by atoms with van der Waals surface area (Å²) in [7, 11) is 2.05. The summed E-state index contributed by atoms with van der Waals surface area (Å²) >= 11 is 0. The van der Waals surface area contributed by atoms with Crippen LogP contribution in [-0.4, -0.2) is 37.0 Å². The molecule has 1 aromatic rings. The lowest BCUT2D eigenvalue weighted by atomic mass is 10.1. The maximum absolute atomic E-state index is 12.1. The smallest absolute Gasteiger partial charge is 0.237 e. The summed E-state index contributed by atoms with van der Waals surface area (Å²) in [5.41, 5.74) is 0. The quantitative estimate of drug-likeness (QED) is 0.829. The van der Waals surface area contributed by atoms with Crippen molar-refractivity contribution < 1.29 is 9.21 Å². The third-order valence-electron chi connectivity index (χ3n) is 3.80. The highest BCUT2D eigenvalue weighted by Crippen LogP contribution is 2.15. The molecule has 0 unspecified atom stereocenters. The van der Waals surface area contributed by atoms with Gasteiger partial charge in [-0.3, -0.25) is 9.69 Å². The van der Waals surface area contributed by atoms with Gasteiger partial charge in [-0.25, -0.2) is 0 Å². The van der Waals surface area contributed by atoms with Crippen molar-refractivity contribution in [2.75, 3.05) is 20.1 Å². The van der Waals surface area contributed by atoms with Crippen LogP contribution in [0.2, 0.25) is 0 Å². The second-order valence-electron chi connectivity index (χ2n) is 5.32. The average molecular weight is 264 g/mol. The predicted molar refractivity (Wildman–Crippen MR) is 74.9 cm³/mol. The van der Waals surface area contributed by atoms with E-state index in [1.165, 1.54) is 12.8 Å². The third kappa shape index (κ3) is 4.39. The normalized spacial score (nSPS) is 21.0. The molecule has 0 aliphatic carbocycles. The molecule has 0 saturated carbocycles. The molecule has 4 nitrogen and oxygen atoms in total. The Morgan fingerprint density at radius 2 is 2.37 bits per heavy atom. The lowest BCUT2D eigenvalue weighted by molar-refractivity contribution is -0.126. The van der Waals surface area contributed by atoms with Crippen molar-refractivity contribution in [3.8, 4) is 0 Å². The van der Waals surface area contributed by atoms with E-state index in [1.54, 1.807) is 6.26 Å². The van der Waals surface area contributed by atoms with E-state index in [1.807, 2.05) is 12.1 Å².